The van der Waals surface area contributed by atoms with Gasteiger partial charge in [0.2, 0.25) is 0 Å². The van der Waals surface area contributed by atoms with Crippen molar-refractivity contribution in [3.05, 3.63) is 35.4 Å². The molecule has 0 radical (unpaired) electrons. The van der Waals surface area contributed by atoms with E-state index >= 15 is 0 Å². The number of carbonyl (C=O) groups excluding carboxylic acids is 2. The first-order valence-corrected chi connectivity index (χ1v) is 6.55. The summed E-state index contributed by atoms with van der Waals surface area (Å²) in [6.45, 7) is 3.34. The number of carbonyl (C=O) groups is 2. The highest BCUT2D eigenvalue weighted by atomic mass is 19.4. The first-order valence-electron chi connectivity index (χ1n) is 6.55. The molecular weight excluding hydrogens is 299 g/mol. The third kappa shape index (κ3) is 2.95. The van der Waals surface area contributed by atoms with Crippen molar-refractivity contribution in [3.63, 3.8) is 0 Å². The van der Waals surface area contributed by atoms with Gasteiger partial charge in [0, 0.05) is 0 Å². The van der Waals surface area contributed by atoms with Crippen molar-refractivity contribution in [2.24, 2.45) is 5.10 Å². The van der Waals surface area contributed by atoms with Gasteiger partial charge in [-0.2, -0.15) is 18.3 Å². The molecule has 0 aromatic heterocycles. The molecule has 1 fully saturated rings. The Morgan fingerprint density at radius 2 is 1.86 bits per heavy atom. The predicted molar refractivity (Wildman–Crippen MR) is 73.1 cm³/mol. The molecule has 1 aromatic carbocycles. The predicted octanol–water partition coefficient (Wildman–Crippen LogP) is 2.76. The number of halogens is 3. The zero-order valence-electron chi connectivity index (χ0n) is 11.9. The third-order valence-electron chi connectivity index (χ3n) is 3.51. The first kappa shape index (κ1) is 16.0. The molecule has 0 saturated carbocycles. The number of hydrazone groups is 1. The van der Waals surface area contributed by atoms with E-state index in [1.807, 2.05) is 0 Å². The van der Waals surface area contributed by atoms with Gasteiger partial charge in [-0.05, 0) is 31.0 Å². The van der Waals surface area contributed by atoms with Crippen LogP contribution in [0.1, 0.15) is 31.4 Å². The highest BCUT2D eigenvalue weighted by Gasteiger charge is 2.46. The summed E-state index contributed by atoms with van der Waals surface area (Å²) in [4.78, 5) is 23.8. The van der Waals surface area contributed by atoms with Crippen LogP contribution in [-0.2, 0) is 11.0 Å². The number of hydrogen-bond donors (Lipinski definition) is 1. The fourth-order valence-corrected chi connectivity index (χ4v) is 1.90. The van der Waals surface area contributed by atoms with Crippen molar-refractivity contribution in [3.8, 4) is 0 Å². The van der Waals surface area contributed by atoms with Gasteiger partial charge in [-0.1, -0.05) is 19.1 Å². The van der Waals surface area contributed by atoms with Crippen LogP contribution < -0.4 is 5.32 Å². The molecule has 0 aliphatic carbocycles. The third-order valence-corrected chi connectivity index (χ3v) is 3.51. The van der Waals surface area contributed by atoms with E-state index in [2.05, 4.69) is 10.4 Å². The number of alkyl halides is 3. The van der Waals surface area contributed by atoms with Crippen LogP contribution in [0.15, 0.2) is 29.4 Å². The van der Waals surface area contributed by atoms with Gasteiger partial charge in [-0.25, -0.2) is 4.79 Å². The molecular formula is C14H14F3N3O2. The number of imide groups is 1. The summed E-state index contributed by atoms with van der Waals surface area (Å²) in [7, 11) is 0. The lowest BCUT2D eigenvalue weighted by Crippen LogP contribution is -2.42. The normalized spacial score (nSPS) is 22.5. The van der Waals surface area contributed by atoms with E-state index in [4.69, 9.17) is 0 Å². The minimum atomic E-state index is -4.41. The van der Waals surface area contributed by atoms with Gasteiger partial charge < -0.3 is 5.32 Å². The summed E-state index contributed by atoms with van der Waals surface area (Å²) in [6, 6.07) is 3.58. The van der Waals surface area contributed by atoms with E-state index in [1.165, 1.54) is 18.3 Å². The van der Waals surface area contributed by atoms with Crippen LogP contribution in [0.2, 0.25) is 0 Å². The van der Waals surface area contributed by atoms with Crippen LogP contribution in [0.3, 0.4) is 0 Å². The van der Waals surface area contributed by atoms with Crippen LogP contribution in [0.4, 0.5) is 18.0 Å². The van der Waals surface area contributed by atoms with E-state index < -0.39 is 29.2 Å². The van der Waals surface area contributed by atoms with Crippen molar-refractivity contribution >= 4 is 18.2 Å². The average Bonchev–Trinajstić information content (AvgIpc) is 2.67. The van der Waals surface area contributed by atoms with E-state index in [1.54, 1.807) is 13.8 Å². The fourth-order valence-electron chi connectivity index (χ4n) is 1.90. The van der Waals surface area contributed by atoms with Crippen molar-refractivity contribution in [2.45, 2.75) is 32.0 Å². The Kier molecular flexibility index (Phi) is 3.95. The summed E-state index contributed by atoms with van der Waals surface area (Å²) in [5.41, 5.74) is -1.44. The number of nitrogens with one attached hydrogen (secondary N) is 1. The van der Waals surface area contributed by atoms with Gasteiger partial charge in [0.1, 0.15) is 5.54 Å². The molecule has 1 aromatic rings. The molecule has 1 aliphatic heterocycles. The Morgan fingerprint density at radius 3 is 2.32 bits per heavy atom. The summed E-state index contributed by atoms with van der Waals surface area (Å²) < 4.78 is 37.3. The maximum Gasteiger partial charge on any atom is 0.416 e. The second-order valence-electron chi connectivity index (χ2n) is 5.10. The van der Waals surface area contributed by atoms with Gasteiger partial charge in [0.05, 0.1) is 11.8 Å². The molecule has 1 aliphatic rings. The molecule has 3 amide bonds. The molecule has 1 atom stereocenters. The topological polar surface area (TPSA) is 61.8 Å². The molecule has 8 heteroatoms. The lowest BCUT2D eigenvalue weighted by atomic mass is 10.00. The number of benzene rings is 1. The summed E-state index contributed by atoms with van der Waals surface area (Å²) in [5.74, 6) is -0.497. The molecule has 0 unspecified atom stereocenters. The average molecular weight is 313 g/mol. The second-order valence-corrected chi connectivity index (χ2v) is 5.10. The Labute approximate surface area is 124 Å². The largest absolute Gasteiger partial charge is 0.416 e. The van der Waals surface area contributed by atoms with Gasteiger partial charge in [0.25, 0.3) is 5.91 Å². The van der Waals surface area contributed by atoms with Gasteiger partial charge in [-0.15, -0.1) is 5.01 Å². The zero-order chi connectivity index (χ0) is 16.5. The van der Waals surface area contributed by atoms with E-state index in [-0.39, 0.29) is 0 Å². The first-order chi connectivity index (χ1) is 10.2. The smallest absolute Gasteiger partial charge is 0.322 e. The Morgan fingerprint density at radius 1 is 1.27 bits per heavy atom. The molecule has 1 heterocycles. The SMILES string of the molecule is CC[C@@]1(C)NC(=O)N(/N=C\c2ccc(C(F)(F)F)cc2)C1=O. The van der Waals surface area contributed by atoms with Crippen LogP contribution in [0, 0.1) is 0 Å². The summed E-state index contributed by atoms with van der Waals surface area (Å²) in [5, 5.41) is 6.96. The number of urea groups is 1. The monoisotopic (exact) mass is 313 g/mol. The summed E-state index contributed by atoms with van der Waals surface area (Å²) >= 11 is 0. The van der Waals surface area contributed by atoms with Crippen LogP contribution in [-0.4, -0.2) is 28.7 Å². The van der Waals surface area contributed by atoms with E-state index in [0.29, 0.717) is 17.0 Å². The standard InChI is InChI=1S/C14H14F3N3O2/c1-3-13(2)11(21)20(12(22)19-13)18-8-9-4-6-10(7-5-9)14(15,16)17/h4-8H,3H2,1-2H3,(H,19,22)/b18-8-/t13-/m1/s1. The van der Waals surface area contributed by atoms with E-state index in [0.717, 1.165) is 12.1 Å². The van der Waals surface area contributed by atoms with E-state index in [9.17, 15) is 22.8 Å². The Hall–Kier alpha value is -2.38. The number of hydrogen-bond acceptors (Lipinski definition) is 3. The maximum atomic E-state index is 12.4. The maximum absolute atomic E-state index is 12.4. The van der Waals surface area contributed by atoms with Crippen LogP contribution in [0.5, 0.6) is 0 Å². The minimum absolute atomic E-state index is 0.346. The molecule has 0 bridgehead atoms. The van der Waals surface area contributed by atoms with Gasteiger partial charge >= 0.3 is 12.2 Å². The lowest BCUT2D eigenvalue weighted by molar-refractivity contribution is -0.137. The highest BCUT2D eigenvalue weighted by Crippen LogP contribution is 2.29. The summed E-state index contributed by atoms with van der Waals surface area (Å²) in [6.07, 6.45) is -2.84. The molecule has 22 heavy (non-hydrogen) atoms. The van der Waals surface area contributed by atoms with Crippen molar-refractivity contribution < 1.29 is 22.8 Å². The molecule has 2 rings (SSSR count). The number of rotatable bonds is 3. The van der Waals surface area contributed by atoms with Crippen LogP contribution in [0.25, 0.3) is 0 Å². The Balaban J connectivity index is 2.16. The van der Waals surface area contributed by atoms with Crippen molar-refractivity contribution in [2.75, 3.05) is 0 Å². The minimum Gasteiger partial charge on any atom is -0.322 e. The molecule has 1 saturated heterocycles. The number of nitrogens with zero attached hydrogens (tertiary/aromatic N) is 2. The molecule has 5 nitrogen and oxygen atoms in total. The molecule has 1 N–H and O–H groups in total. The zero-order valence-corrected chi connectivity index (χ0v) is 11.9. The second kappa shape index (κ2) is 5.43. The fraction of sp³-hybridized carbons (Fsp3) is 0.357. The molecule has 118 valence electrons. The lowest BCUT2D eigenvalue weighted by Gasteiger charge is -2.17. The van der Waals surface area contributed by atoms with Crippen LogP contribution >= 0.6 is 0 Å². The highest BCUT2D eigenvalue weighted by molar-refractivity contribution is 6.07. The van der Waals surface area contributed by atoms with Gasteiger partial charge in [-0.3, -0.25) is 4.79 Å². The van der Waals surface area contributed by atoms with Gasteiger partial charge in [0.15, 0.2) is 0 Å². The number of amides is 3. The quantitative estimate of drug-likeness (QED) is 0.689. The Bertz CT molecular complexity index is 625. The van der Waals surface area contributed by atoms with Crippen molar-refractivity contribution in [1.82, 2.24) is 10.3 Å². The van der Waals surface area contributed by atoms with Crippen molar-refractivity contribution in [1.29, 1.82) is 0 Å². The molecule has 0 spiro atoms.